The van der Waals surface area contributed by atoms with Crippen LogP contribution in [0.5, 0.6) is 0 Å². The molecule has 1 aromatic carbocycles. The van der Waals surface area contributed by atoms with Crippen molar-refractivity contribution in [3.8, 4) is 0 Å². The molecule has 0 radical (unpaired) electrons. The fourth-order valence-electron chi connectivity index (χ4n) is 6.28. The Balaban J connectivity index is 1.22. The van der Waals surface area contributed by atoms with Gasteiger partial charge in [-0.2, -0.15) is 0 Å². The van der Waals surface area contributed by atoms with Crippen LogP contribution >= 0.6 is 0 Å². The van der Waals surface area contributed by atoms with Crippen LogP contribution < -0.4 is 16.0 Å². The lowest BCUT2D eigenvalue weighted by atomic mass is 9.67. The maximum Gasteiger partial charge on any atom is 0.315 e. The third kappa shape index (κ3) is 7.96. The zero-order chi connectivity index (χ0) is 29.6. The zero-order valence-electron chi connectivity index (χ0n) is 25.2. The van der Waals surface area contributed by atoms with E-state index in [1.54, 1.807) is 7.11 Å². The van der Waals surface area contributed by atoms with Gasteiger partial charge in [-0.15, -0.1) is 0 Å². The molecule has 0 bridgehead atoms. The quantitative estimate of drug-likeness (QED) is 0.221. The minimum Gasteiger partial charge on any atom is -0.379 e. The Morgan fingerprint density at radius 2 is 1.88 bits per heavy atom. The summed E-state index contributed by atoms with van der Waals surface area (Å²) in [4.78, 5) is 36.4. The fourth-order valence-corrected chi connectivity index (χ4v) is 6.28. The van der Waals surface area contributed by atoms with Crippen molar-refractivity contribution in [3.63, 3.8) is 0 Å². The van der Waals surface area contributed by atoms with Crippen LogP contribution in [0.2, 0.25) is 0 Å². The summed E-state index contributed by atoms with van der Waals surface area (Å²) < 4.78 is 18.3. The Morgan fingerprint density at radius 3 is 2.51 bits per heavy atom. The first-order chi connectivity index (χ1) is 19.6. The predicted molar refractivity (Wildman–Crippen MR) is 158 cm³/mol. The van der Waals surface area contributed by atoms with Gasteiger partial charge in [-0.05, 0) is 70.6 Å². The molecule has 3 fully saturated rings. The number of rotatable bonds is 14. The van der Waals surface area contributed by atoms with Crippen LogP contribution in [0.1, 0.15) is 78.2 Å². The number of Topliss-reactive ketones (excluding diaryl/α,β-unsaturated/α-hetero) is 1. The van der Waals surface area contributed by atoms with E-state index in [0.29, 0.717) is 45.3 Å². The molecule has 9 nitrogen and oxygen atoms in total. The first kappa shape index (κ1) is 31.2. The lowest BCUT2D eigenvalue weighted by molar-refractivity contribution is -0.119. The lowest BCUT2D eigenvalue weighted by Crippen LogP contribution is -2.60. The van der Waals surface area contributed by atoms with Crippen LogP contribution in [0.15, 0.2) is 35.9 Å². The molecule has 6 atom stereocenters. The number of methoxy groups -OCH3 is 1. The summed E-state index contributed by atoms with van der Waals surface area (Å²) in [6, 6.07) is 7.26. The molecule has 41 heavy (non-hydrogen) atoms. The number of urea groups is 1. The van der Waals surface area contributed by atoms with Crippen molar-refractivity contribution in [2.45, 2.75) is 109 Å². The van der Waals surface area contributed by atoms with E-state index in [4.69, 9.17) is 14.2 Å². The molecule has 1 aromatic rings. The molecule has 1 saturated carbocycles. The Kier molecular flexibility index (Phi) is 10.3. The second kappa shape index (κ2) is 13.5. The molecule has 3 aliphatic rings. The van der Waals surface area contributed by atoms with Crippen LogP contribution in [0.3, 0.4) is 0 Å². The zero-order valence-corrected chi connectivity index (χ0v) is 25.2. The van der Waals surface area contributed by atoms with E-state index >= 15 is 0 Å². The molecule has 9 heteroatoms. The lowest BCUT2D eigenvalue weighted by Gasteiger charge is -2.43. The minimum absolute atomic E-state index is 0.0486. The standard InChI is InChI=1S/C32H47N3O6/c1-6-24(36)8-7-9-27(37)34-23-13-11-22(12-14-23)17-19-33-30(38)35-25-16-18-32(20-40-32)29(28(25)39-5)31(4)26(41-31)15-10-21(2)3/h10-14,25-26,28-29H,6-9,15-20H2,1-5H3,(H,34,37)(H2,33,35,38)/t25-,26-,28-,29-,31?,32+/m1/s1. The number of epoxide rings is 2. The van der Waals surface area contributed by atoms with E-state index in [-0.39, 0.29) is 53.1 Å². The van der Waals surface area contributed by atoms with Crippen molar-refractivity contribution in [2.24, 2.45) is 5.92 Å². The number of carbonyl (C=O) groups is 3. The third-order valence-corrected chi connectivity index (χ3v) is 8.80. The SMILES string of the molecule is CCC(=O)CCCC(=O)Nc1ccc(CCNC(=O)N[C@@H]2CC[C@]3(CO3)[C@@H](C3(C)O[C@@H]3CC=C(C)C)[C@@H]2OC)cc1. The Bertz CT molecular complexity index is 1110. The van der Waals surface area contributed by atoms with Crippen LogP contribution in [0, 0.1) is 5.92 Å². The van der Waals surface area contributed by atoms with Crippen molar-refractivity contribution in [3.05, 3.63) is 41.5 Å². The van der Waals surface area contributed by atoms with Crippen molar-refractivity contribution in [1.29, 1.82) is 0 Å². The minimum atomic E-state index is -0.334. The summed E-state index contributed by atoms with van der Waals surface area (Å²) >= 11 is 0. The van der Waals surface area contributed by atoms with E-state index in [1.165, 1.54) is 5.57 Å². The molecule has 0 aromatic heterocycles. The maximum atomic E-state index is 12.9. The van der Waals surface area contributed by atoms with E-state index in [1.807, 2.05) is 31.2 Å². The smallest absolute Gasteiger partial charge is 0.315 e. The number of ketones is 1. The Labute approximate surface area is 244 Å². The molecule has 2 saturated heterocycles. The number of benzene rings is 1. The molecule has 3 N–H and O–H groups in total. The van der Waals surface area contributed by atoms with Gasteiger partial charge in [0, 0.05) is 44.5 Å². The number of hydrogen-bond acceptors (Lipinski definition) is 6. The Morgan fingerprint density at radius 1 is 1.15 bits per heavy atom. The summed E-state index contributed by atoms with van der Waals surface area (Å²) in [5.74, 6) is 0.134. The summed E-state index contributed by atoms with van der Waals surface area (Å²) in [5, 5.41) is 9.01. The van der Waals surface area contributed by atoms with Crippen LogP contribution in [0.4, 0.5) is 10.5 Å². The van der Waals surface area contributed by atoms with Crippen molar-refractivity contribution in [2.75, 3.05) is 25.6 Å². The van der Waals surface area contributed by atoms with Gasteiger partial charge in [0.15, 0.2) is 0 Å². The topological polar surface area (TPSA) is 122 Å². The summed E-state index contributed by atoms with van der Waals surface area (Å²) in [7, 11) is 1.71. The van der Waals surface area contributed by atoms with Gasteiger partial charge in [-0.1, -0.05) is 30.7 Å². The number of amides is 3. The van der Waals surface area contributed by atoms with Gasteiger partial charge < -0.3 is 30.2 Å². The van der Waals surface area contributed by atoms with Crippen LogP contribution in [-0.2, 0) is 30.2 Å². The summed E-state index contributed by atoms with van der Waals surface area (Å²) in [6.07, 6.45) is 7.19. The van der Waals surface area contributed by atoms with Crippen molar-refractivity contribution >= 4 is 23.4 Å². The molecular formula is C32H47N3O6. The first-order valence-corrected chi connectivity index (χ1v) is 15.0. The average Bonchev–Trinajstić information content (AvgIpc) is 3.86. The number of carbonyl (C=O) groups excluding carboxylic acids is 3. The molecule has 226 valence electrons. The van der Waals surface area contributed by atoms with Gasteiger partial charge in [0.05, 0.1) is 30.5 Å². The van der Waals surface area contributed by atoms with Gasteiger partial charge >= 0.3 is 6.03 Å². The first-order valence-electron chi connectivity index (χ1n) is 15.0. The monoisotopic (exact) mass is 569 g/mol. The van der Waals surface area contributed by atoms with Gasteiger partial charge in [0.1, 0.15) is 11.4 Å². The van der Waals surface area contributed by atoms with Crippen molar-refractivity contribution in [1.82, 2.24) is 10.6 Å². The largest absolute Gasteiger partial charge is 0.379 e. The number of ether oxygens (including phenoxy) is 3. The Hall–Kier alpha value is -2.75. The fraction of sp³-hybridized carbons (Fsp3) is 0.656. The highest BCUT2D eigenvalue weighted by Crippen LogP contribution is 2.59. The molecule has 2 aliphatic heterocycles. The van der Waals surface area contributed by atoms with E-state index in [0.717, 1.165) is 30.5 Å². The molecule has 1 unspecified atom stereocenters. The number of nitrogens with one attached hydrogen (secondary N) is 3. The van der Waals surface area contributed by atoms with E-state index in [9.17, 15) is 14.4 Å². The molecule has 1 spiro atoms. The summed E-state index contributed by atoms with van der Waals surface area (Å²) in [5.41, 5.74) is 2.50. The molecular weight excluding hydrogens is 522 g/mol. The molecule has 2 heterocycles. The maximum absolute atomic E-state index is 12.9. The average molecular weight is 570 g/mol. The highest BCUT2D eigenvalue weighted by molar-refractivity contribution is 5.91. The number of allylic oxidation sites excluding steroid dienone is 1. The van der Waals surface area contributed by atoms with Gasteiger partial charge in [-0.3, -0.25) is 9.59 Å². The highest BCUT2D eigenvalue weighted by atomic mass is 16.6. The molecule has 3 amide bonds. The predicted octanol–water partition coefficient (Wildman–Crippen LogP) is 4.69. The second-order valence-electron chi connectivity index (χ2n) is 12.1. The molecule has 1 aliphatic carbocycles. The van der Waals surface area contributed by atoms with Crippen molar-refractivity contribution < 1.29 is 28.6 Å². The number of hydrogen-bond donors (Lipinski definition) is 3. The van der Waals surface area contributed by atoms with Crippen LogP contribution in [-0.4, -0.2) is 67.4 Å². The van der Waals surface area contributed by atoms with E-state index in [2.05, 4.69) is 42.8 Å². The van der Waals surface area contributed by atoms with Gasteiger partial charge in [0.25, 0.3) is 0 Å². The van der Waals surface area contributed by atoms with Gasteiger partial charge in [0.2, 0.25) is 5.91 Å². The van der Waals surface area contributed by atoms with Gasteiger partial charge in [-0.25, -0.2) is 4.79 Å². The molecule has 4 rings (SSSR count). The van der Waals surface area contributed by atoms with E-state index < -0.39 is 0 Å². The number of anilines is 1. The normalized spacial score (nSPS) is 29.9. The highest BCUT2D eigenvalue weighted by Gasteiger charge is 2.71. The second-order valence-corrected chi connectivity index (χ2v) is 12.1. The van der Waals surface area contributed by atoms with Crippen LogP contribution in [0.25, 0.3) is 0 Å². The summed E-state index contributed by atoms with van der Waals surface area (Å²) in [6.45, 7) is 9.38. The third-order valence-electron chi connectivity index (χ3n) is 8.80.